The summed E-state index contributed by atoms with van der Waals surface area (Å²) in [5.41, 5.74) is 8.32. The first-order chi connectivity index (χ1) is 13.0. The zero-order chi connectivity index (χ0) is 19.4. The van der Waals surface area contributed by atoms with Gasteiger partial charge in [-0.25, -0.2) is 4.98 Å². The number of nitrogens with two attached hydrogens (primary N) is 1. The fraction of sp³-hybridized carbons (Fsp3) is 0.238. The van der Waals surface area contributed by atoms with Crippen LogP contribution in [0.15, 0.2) is 47.3 Å². The van der Waals surface area contributed by atoms with E-state index in [1.54, 1.807) is 22.8 Å². The van der Waals surface area contributed by atoms with E-state index in [9.17, 15) is 4.79 Å². The molecule has 0 spiro atoms. The van der Waals surface area contributed by atoms with E-state index in [0.29, 0.717) is 41.3 Å². The Labute approximate surface area is 163 Å². The maximum Gasteiger partial charge on any atom is 0.261 e. The summed E-state index contributed by atoms with van der Waals surface area (Å²) in [5.74, 6) is 0.597. The first-order valence-corrected chi connectivity index (χ1v) is 9.23. The van der Waals surface area contributed by atoms with Crippen molar-refractivity contribution in [2.24, 2.45) is 5.73 Å². The third-order valence-electron chi connectivity index (χ3n) is 4.37. The highest BCUT2D eigenvalue weighted by molar-refractivity contribution is 6.31. The third-order valence-corrected chi connectivity index (χ3v) is 4.60. The molecule has 1 aromatic heterocycles. The Morgan fingerprint density at radius 3 is 2.56 bits per heavy atom. The number of aromatic nitrogens is 2. The number of rotatable bonds is 6. The van der Waals surface area contributed by atoms with Crippen LogP contribution in [-0.4, -0.2) is 30.2 Å². The maximum atomic E-state index is 12.9. The zero-order valence-corrected chi connectivity index (χ0v) is 16.3. The number of hydrogen-bond donors (Lipinski definition) is 1. The van der Waals surface area contributed by atoms with Crippen molar-refractivity contribution in [2.45, 2.75) is 13.0 Å². The molecule has 1 heterocycles. The molecular weight excluding hydrogens is 360 g/mol. The molecule has 0 atom stereocenters. The maximum absolute atomic E-state index is 12.9. The molecule has 140 valence electrons. The zero-order valence-electron chi connectivity index (χ0n) is 15.5. The van der Waals surface area contributed by atoms with Gasteiger partial charge in [-0.3, -0.25) is 9.36 Å². The molecule has 0 aliphatic rings. The fourth-order valence-corrected chi connectivity index (χ4v) is 3.02. The highest BCUT2D eigenvalue weighted by Crippen LogP contribution is 2.17. The monoisotopic (exact) mass is 382 g/mol. The third kappa shape index (κ3) is 4.38. The standard InChI is InChI=1S/C21H23ClN4O/c1-25(2)17-8-4-15(5-9-17)6-11-20-24-19-14-16(22)7-10-18(19)21(27)26(20)13-3-12-23/h4-11,14H,3,12-13,23H2,1-2H3. The molecule has 0 saturated carbocycles. The van der Waals surface area contributed by atoms with Crippen molar-refractivity contribution in [1.29, 1.82) is 0 Å². The second-order valence-corrected chi connectivity index (χ2v) is 6.99. The highest BCUT2D eigenvalue weighted by Gasteiger charge is 2.09. The summed E-state index contributed by atoms with van der Waals surface area (Å²) < 4.78 is 1.67. The van der Waals surface area contributed by atoms with Crippen LogP contribution in [0, 0.1) is 0 Å². The van der Waals surface area contributed by atoms with Crippen LogP contribution >= 0.6 is 11.6 Å². The molecule has 0 radical (unpaired) electrons. The molecule has 0 aliphatic heterocycles. The van der Waals surface area contributed by atoms with Crippen LogP contribution in [0.5, 0.6) is 0 Å². The van der Waals surface area contributed by atoms with Crippen molar-refractivity contribution >= 4 is 40.3 Å². The molecule has 3 rings (SSSR count). The fourth-order valence-electron chi connectivity index (χ4n) is 2.86. The van der Waals surface area contributed by atoms with Gasteiger partial charge in [0.2, 0.25) is 0 Å². The van der Waals surface area contributed by atoms with E-state index in [1.165, 1.54) is 0 Å². The highest BCUT2D eigenvalue weighted by atomic mass is 35.5. The van der Waals surface area contributed by atoms with E-state index < -0.39 is 0 Å². The summed E-state index contributed by atoms with van der Waals surface area (Å²) in [6, 6.07) is 13.3. The second-order valence-electron chi connectivity index (χ2n) is 6.55. The van der Waals surface area contributed by atoms with Gasteiger partial charge in [-0.2, -0.15) is 0 Å². The van der Waals surface area contributed by atoms with Gasteiger partial charge in [0.15, 0.2) is 0 Å². The quantitative estimate of drug-likeness (QED) is 0.707. The minimum atomic E-state index is -0.0762. The molecule has 0 aliphatic carbocycles. The average molecular weight is 383 g/mol. The van der Waals surface area contributed by atoms with Crippen LogP contribution in [0.3, 0.4) is 0 Å². The lowest BCUT2D eigenvalue weighted by molar-refractivity contribution is 0.619. The molecule has 3 aromatic rings. The van der Waals surface area contributed by atoms with Gasteiger partial charge >= 0.3 is 0 Å². The Balaban J connectivity index is 2.03. The molecule has 0 unspecified atom stereocenters. The van der Waals surface area contributed by atoms with E-state index in [-0.39, 0.29) is 5.56 Å². The van der Waals surface area contributed by atoms with Crippen LogP contribution in [0.1, 0.15) is 17.8 Å². The van der Waals surface area contributed by atoms with E-state index >= 15 is 0 Å². The van der Waals surface area contributed by atoms with E-state index in [2.05, 4.69) is 17.1 Å². The van der Waals surface area contributed by atoms with Crippen molar-refractivity contribution < 1.29 is 0 Å². The summed E-state index contributed by atoms with van der Waals surface area (Å²) in [4.78, 5) is 19.6. The van der Waals surface area contributed by atoms with E-state index in [0.717, 1.165) is 11.3 Å². The van der Waals surface area contributed by atoms with Crippen molar-refractivity contribution in [3.05, 3.63) is 69.2 Å². The minimum absolute atomic E-state index is 0.0762. The van der Waals surface area contributed by atoms with Crippen molar-refractivity contribution in [3.63, 3.8) is 0 Å². The Morgan fingerprint density at radius 2 is 1.89 bits per heavy atom. The van der Waals surface area contributed by atoms with Gasteiger partial charge in [-0.1, -0.05) is 29.8 Å². The van der Waals surface area contributed by atoms with Crippen LogP contribution in [0.2, 0.25) is 5.02 Å². The van der Waals surface area contributed by atoms with Crippen molar-refractivity contribution in [1.82, 2.24) is 9.55 Å². The van der Waals surface area contributed by atoms with E-state index in [4.69, 9.17) is 17.3 Å². The van der Waals surface area contributed by atoms with Gasteiger partial charge in [-0.05, 0) is 54.9 Å². The predicted octanol–water partition coefficient (Wildman–Crippen LogP) is 3.64. The molecule has 27 heavy (non-hydrogen) atoms. The molecule has 0 fully saturated rings. The Hall–Kier alpha value is -2.63. The molecular formula is C21H23ClN4O. The molecule has 2 aromatic carbocycles. The predicted molar refractivity (Wildman–Crippen MR) is 114 cm³/mol. The molecule has 5 nitrogen and oxygen atoms in total. The average Bonchev–Trinajstić information content (AvgIpc) is 2.66. The van der Waals surface area contributed by atoms with Gasteiger partial charge in [0.25, 0.3) is 5.56 Å². The summed E-state index contributed by atoms with van der Waals surface area (Å²) >= 11 is 6.07. The first kappa shape index (κ1) is 19.1. The molecule has 2 N–H and O–H groups in total. The van der Waals surface area contributed by atoms with Gasteiger partial charge < -0.3 is 10.6 Å². The van der Waals surface area contributed by atoms with Crippen molar-refractivity contribution in [3.8, 4) is 0 Å². The molecule has 6 heteroatoms. The number of benzene rings is 2. The number of halogens is 1. The minimum Gasteiger partial charge on any atom is -0.378 e. The lowest BCUT2D eigenvalue weighted by Crippen LogP contribution is -2.25. The van der Waals surface area contributed by atoms with Crippen LogP contribution < -0.4 is 16.2 Å². The number of fused-ring (bicyclic) bond motifs is 1. The SMILES string of the molecule is CN(C)c1ccc(C=Cc2nc3cc(Cl)ccc3c(=O)n2CCCN)cc1. The molecule has 0 bridgehead atoms. The second kappa shape index (κ2) is 8.37. The van der Waals surface area contributed by atoms with Crippen LogP contribution in [-0.2, 0) is 6.54 Å². The lowest BCUT2D eigenvalue weighted by Gasteiger charge is -2.12. The van der Waals surface area contributed by atoms with E-state index in [1.807, 2.05) is 43.3 Å². The number of anilines is 1. The first-order valence-electron chi connectivity index (χ1n) is 8.85. The van der Waals surface area contributed by atoms with Gasteiger partial charge in [-0.15, -0.1) is 0 Å². The Morgan fingerprint density at radius 1 is 1.15 bits per heavy atom. The summed E-state index contributed by atoms with van der Waals surface area (Å²) in [6.07, 6.45) is 4.53. The number of hydrogen-bond acceptors (Lipinski definition) is 4. The number of nitrogens with zero attached hydrogens (tertiary/aromatic N) is 3. The van der Waals surface area contributed by atoms with Gasteiger partial charge in [0.1, 0.15) is 5.82 Å². The molecule has 0 amide bonds. The topological polar surface area (TPSA) is 64.2 Å². The largest absolute Gasteiger partial charge is 0.378 e. The smallest absolute Gasteiger partial charge is 0.261 e. The van der Waals surface area contributed by atoms with Gasteiger partial charge in [0.05, 0.1) is 10.9 Å². The normalized spacial score (nSPS) is 11.4. The summed E-state index contributed by atoms with van der Waals surface area (Å²) in [6.45, 7) is 1.04. The van der Waals surface area contributed by atoms with Gasteiger partial charge in [0, 0.05) is 31.4 Å². The Kier molecular flexibility index (Phi) is 5.94. The van der Waals surface area contributed by atoms with Crippen molar-refractivity contribution in [2.75, 3.05) is 25.5 Å². The lowest BCUT2D eigenvalue weighted by atomic mass is 10.2. The van der Waals surface area contributed by atoms with Crippen LogP contribution in [0.25, 0.3) is 23.1 Å². The molecule has 0 saturated heterocycles. The van der Waals surface area contributed by atoms with Crippen LogP contribution in [0.4, 0.5) is 5.69 Å². The summed E-state index contributed by atoms with van der Waals surface area (Å²) in [5, 5.41) is 1.12. The Bertz CT molecular complexity index is 1020. The summed E-state index contributed by atoms with van der Waals surface area (Å²) in [7, 11) is 4.01.